The van der Waals surface area contributed by atoms with E-state index in [2.05, 4.69) is 6.58 Å². The number of halogens is 13. The lowest BCUT2D eigenvalue weighted by Gasteiger charge is -2.38. The van der Waals surface area contributed by atoms with Gasteiger partial charge in [0.2, 0.25) is 0 Å². The van der Waals surface area contributed by atoms with E-state index in [1.54, 1.807) is 0 Å². The molecule has 0 atom stereocenters. The maximum Gasteiger partial charge on any atom is 0.460 e. The summed E-state index contributed by atoms with van der Waals surface area (Å²) < 4.78 is 162. The number of allylic oxidation sites excluding steroid dienone is 1. The molecule has 0 aliphatic heterocycles. The Bertz CT molecular complexity index is 462. The molecule has 0 heterocycles. The lowest BCUT2D eigenvalue weighted by molar-refractivity contribution is -0.436. The second-order valence-electron chi connectivity index (χ2n) is 3.77. The highest BCUT2D eigenvalue weighted by molar-refractivity contribution is 5.14. The Morgan fingerprint density at radius 1 is 0.545 bits per heavy atom. The summed E-state index contributed by atoms with van der Waals surface area (Å²) in [6.45, 7) is 2.24. The fourth-order valence-electron chi connectivity index (χ4n) is 1.00. The van der Waals surface area contributed by atoms with Crippen LogP contribution in [0.2, 0.25) is 0 Å². The van der Waals surface area contributed by atoms with E-state index in [1.165, 1.54) is 0 Å². The second-order valence-corrected chi connectivity index (χ2v) is 3.77. The Kier molecular flexibility index (Phi) is 4.75. The van der Waals surface area contributed by atoms with Crippen molar-refractivity contribution in [2.75, 3.05) is 0 Å². The first-order chi connectivity index (χ1) is 9.31. The molecule has 0 aliphatic rings. The van der Waals surface area contributed by atoms with Crippen molar-refractivity contribution in [3.63, 3.8) is 0 Å². The van der Waals surface area contributed by atoms with Gasteiger partial charge in [-0.3, -0.25) is 0 Å². The molecular formula is C9H3F13. The summed E-state index contributed by atoms with van der Waals surface area (Å²) in [6, 6.07) is 0. The first-order valence-corrected chi connectivity index (χ1v) is 4.64. The van der Waals surface area contributed by atoms with Crippen LogP contribution in [-0.4, -0.2) is 35.8 Å². The standard InChI is InChI=1S/C9H3F13/c1-2-3-4(10,11)5(12,13)6(14,15)7(16,17)8(18,19)9(20,21)22/h3H,1H2. The number of hydrogen-bond acceptors (Lipinski definition) is 0. The average molecular weight is 358 g/mol. The molecule has 0 saturated heterocycles. The Morgan fingerprint density at radius 3 is 1.14 bits per heavy atom. The van der Waals surface area contributed by atoms with Crippen molar-refractivity contribution >= 4 is 0 Å². The fourth-order valence-corrected chi connectivity index (χ4v) is 1.00. The monoisotopic (exact) mass is 358 g/mol. The van der Waals surface area contributed by atoms with Crippen LogP contribution in [0.1, 0.15) is 0 Å². The van der Waals surface area contributed by atoms with Gasteiger partial charge in [0, 0.05) is 6.08 Å². The van der Waals surface area contributed by atoms with Crippen molar-refractivity contribution in [2.24, 2.45) is 0 Å². The molecule has 13 heteroatoms. The van der Waals surface area contributed by atoms with Crippen molar-refractivity contribution in [3.8, 4) is 0 Å². The number of alkyl halides is 13. The average Bonchev–Trinajstić information content (AvgIpc) is 2.26. The van der Waals surface area contributed by atoms with Crippen LogP contribution in [-0.2, 0) is 0 Å². The third-order valence-electron chi connectivity index (χ3n) is 2.24. The number of rotatable bonds is 5. The maximum atomic E-state index is 12.8. The summed E-state index contributed by atoms with van der Waals surface area (Å²) in [5.41, 5.74) is 0.814. The van der Waals surface area contributed by atoms with Crippen LogP contribution in [0, 0.1) is 0 Å². The molecule has 0 aromatic heterocycles. The Morgan fingerprint density at radius 2 is 0.864 bits per heavy atom. The molecule has 0 aromatic carbocycles. The van der Waals surface area contributed by atoms with Crippen molar-refractivity contribution < 1.29 is 57.1 Å². The van der Waals surface area contributed by atoms with Gasteiger partial charge >= 0.3 is 35.8 Å². The molecule has 0 saturated carbocycles. The minimum absolute atomic E-state index is 0.814. The van der Waals surface area contributed by atoms with Crippen LogP contribution in [0.25, 0.3) is 0 Å². The highest BCUT2D eigenvalue weighted by atomic mass is 19.4. The lowest BCUT2D eigenvalue weighted by atomic mass is 9.94. The van der Waals surface area contributed by atoms with E-state index < -0.39 is 41.9 Å². The highest BCUT2D eigenvalue weighted by Gasteiger charge is 2.90. The SMILES string of the molecule is C=C=CC(F)(F)C(F)(F)C(F)(F)C(F)(F)C(F)(F)C(F)(F)F. The van der Waals surface area contributed by atoms with Crippen LogP contribution in [0.15, 0.2) is 18.4 Å². The first-order valence-electron chi connectivity index (χ1n) is 4.64. The molecule has 0 bridgehead atoms. The van der Waals surface area contributed by atoms with Crippen LogP contribution < -0.4 is 0 Å². The molecule has 0 aliphatic carbocycles. The van der Waals surface area contributed by atoms with E-state index in [0.717, 1.165) is 5.73 Å². The highest BCUT2D eigenvalue weighted by Crippen LogP contribution is 2.60. The molecule has 0 nitrogen and oxygen atoms in total. The minimum atomic E-state index is -7.87. The molecule has 0 amide bonds. The molecule has 0 spiro atoms. The van der Waals surface area contributed by atoms with Gasteiger partial charge in [0.25, 0.3) is 0 Å². The molecule has 0 N–H and O–H groups in total. The van der Waals surface area contributed by atoms with Gasteiger partial charge in [-0.15, -0.1) is 5.73 Å². The first kappa shape index (κ1) is 20.6. The van der Waals surface area contributed by atoms with Crippen molar-refractivity contribution in [2.45, 2.75) is 35.8 Å². The molecule has 22 heavy (non-hydrogen) atoms. The van der Waals surface area contributed by atoms with Gasteiger partial charge in [0.05, 0.1) is 0 Å². The predicted octanol–water partition coefficient (Wildman–Crippen LogP) is 5.07. The van der Waals surface area contributed by atoms with Gasteiger partial charge in [0.1, 0.15) is 0 Å². The molecule has 130 valence electrons. The molecule has 0 radical (unpaired) electrons. The summed E-state index contributed by atoms with van der Waals surface area (Å²) in [6.07, 6.45) is -8.68. The topological polar surface area (TPSA) is 0 Å². The Hall–Kier alpha value is -1.39. The van der Waals surface area contributed by atoms with E-state index in [0.29, 0.717) is 0 Å². The van der Waals surface area contributed by atoms with Gasteiger partial charge in [-0.2, -0.15) is 57.1 Å². The van der Waals surface area contributed by atoms with Gasteiger partial charge < -0.3 is 0 Å². The summed E-state index contributed by atoms with van der Waals surface area (Å²) in [5, 5.41) is 0. The van der Waals surface area contributed by atoms with Crippen molar-refractivity contribution in [1.82, 2.24) is 0 Å². The van der Waals surface area contributed by atoms with Crippen LogP contribution in [0.3, 0.4) is 0 Å². The van der Waals surface area contributed by atoms with Gasteiger partial charge in [-0.25, -0.2) is 0 Å². The van der Waals surface area contributed by atoms with Crippen LogP contribution in [0.5, 0.6) is 0 Å². The third kappa shape index (κ3) is 2.55. The van der Waals surface area contributed by atoms with E-state index >= 15 is 0 Å². The van der Waals surface area contributed by atoms with Crippen molar-refractivity contribution in [3.05, 3.63) is 18.4 Å². The quantitative estimate of drug-likeness (QED) is 0.476. The smallest absolute Gasteiger partial charge is 0.194 e. The Labute approximate surface area is 112 Å². The maximum absolute atomic E-state index is 12.8. The summed E-state index contributed by atoms with van der Waals surface area (Å²) in [4.78, 5) is 0. The van der Waals surface area contributed by atoms with Gasteiger partial charge in [-0.05, 0) is 0 Å². The zero-order valence-corrected chi connectivity index (χ0v) is 9.70. The largest absolute Gasteiger partial charge is 0.460 e. The fraction of sp³-hybridized carbons (Fsp3) is 0.667. The van der Waals surface area contributed by atoms with Crippen molar-refractivity contribution in [1.29, 1.82) is 0 Å². The predicted molar refractivity (Wildman–Crippen MR) is 44.5 cm³/mol. The molecule has 0 fully saturated rings. The summed E-state index contributed by atoms with van der Waals surface area (Å²) >= 11 is 0. The van der Waals surface area contributed by atoms with E-state index in [1.807, 2.05) is 0 Å². The zero-order valence-electron chi connectivity index (χ0n) is 9.70. The lowest BCUT2D eigenvalue weighted by Crippen LogP contribution is -2.69. The van der Waals surface area contributed by atoms with E-state index in [4.69, 9.17) is 0 Å². The molecular weight excluding hydrogens is 355 g/mol. The molecule has 0 rings (SSSR count). The van der Waals surface area contributed by atoms with Crippen LogP contribution in [0.4, 0.5) is 57.1 Å². The van der Waals surface area contributed by atoms with E-state index in [-0.39, 0.29) is 0 Å². The Balaban J connectivity index is 6.28. The third-order valence-corrected chi connectivity index (χ3v) is 2.24. The normalized spacial score (nSPS) is 15.5. The molecule has 0 aromatic rings. The summed E-state index contributed by atoms with van der Waals surface area (Å²) in [5.74, 6) is -36.9. The van der Waals surface area contributed by atoms with Crippen LogP contribution >= 0.6 is 0 Å². The summed E-state index contributed by atoms with van der Waals surface area (Å²) in [7, 11) is 0. The van der Waals surface area contributed by atoms with Gasteiger partial charge in [0.15, 0.2) is 0 Å². The molecule has 0 unspecified atom stereocenters. The van der Waals surface area contributed by atoms with E-state index in [9.17, 15) is 57.1 Å². The number of hydrogen-bond donors (Lipinski definition) is 0. The van der Waals surface area contributed by atoms with Gasteiger partial charge in [-0.1, -0.05) is 6.58 Å². The second kappa shape index (κ2) is 5.07. The zero-order chi connectivity index (χ0) is 18.4. The minimum Gasteiger partial charge on any atom is -0.194 e.